The molecule has 0 saturated carbocycles. The van der Waals surface area contributed by atoms with E-state index < -0.39 is 18.8 Å². The Hall–Kier alpha value is -1.99. The van der Waals surface area contributed by atoms with Crippen LogP contribution in [0.15, 0.2) is 36.7 Å². The van der Waals surface area contributed by atoms with Crippen LogP contribution in [0.1, 0.15) is 5.56 Å². The lowest BCUT2D eigenvalue weighted by Crippen LogP contribution is -2.30. The second-order valence-electron chi connectivity index (χ2n) is 3.86. The predicted molar refractivity (Wildman–Crippen MR) is 64.8 cm³/mol. The quantitative estimate of drug-likeness (QED) is 0.795. The van der Waals surface area contributed by atoms with Crippen LogP contribution in [-0.4, -0.2) is 22.2 Å². The van der Waals surface area contributed by atoms with E-state index in [-0.39, 0.29) is 12.1 Å². The smallest absolute Gasteiger partial charge is 0.487 e. The topological polar surface area (TPSA) is 62.6 Å². The van der Waals surface area contributed by atoms with Gasteiger partial charge in [0.05, 0.1) is 6.20 Å². The van der Waals surface area contributed by atoms with Gasteiger partial charge in [0.1, 0.15) is 12.4 Å². The summed E-state index contributed by atoms with van der Waals surface area (Å²) < 4.78 is 31.0. The second kappa shape index (κ2) is 5.77. The SMILES string of the molecule is OB(O)c1cncc(OCc2ccc(F)c(F)c2)c1. The molecule has 4 nitrogen and oxygen atoms in total. The zero-order valence-corrected chi connectivity index (χ0v) is 9.75. The molecule has 0 aliphatic rings. The second-order valence-corrected chi connectivity index (χ2v) is 3.86. The third kappa shape index (κ3) is 3.49. The van der Waals surface area contributed by atoms with Crippen molar-refractivity contribution < 1.29 is 23.6 Å². The highest BCUT2D eigenvalue weighted by Crippen LogP contribution is 2.12. The van der Waals surface area contributed by atoms with E-state index in [0.717, 1.165) is 12.1 Å². The van der Waals surface area contributed by atoms with Gasteiger partial charge in [0.2, 0.25) is 0 Å². The maximum atomic E-state index is 13.0. The number of hydrogen-bond acceptors (Lipinski definition) is 4. The van der Waals surface area contributed by atoms with Crippen LogP contribution in [0.5, 0.6) is 5.75 Å². The largest absolute Gasteiger partial charge is 0.490 e. The molecule has 0 aliphatic carbocycles. The molecule has 0 saturated heterocycles. The summed E-state index contributed by atoms with van der Waals surface area (Å²) >= 11 is 0. The van der Waals surface area contributed by atoms with Crippen LogP contribution in [0, 0.1) is 11.6 Å². The Morgan fingerprint density at radius 2 is 1.89 bits per heavy atom. The number of nitrogens with zero attached hydrogens (tertiary/aromatic N) is 1. The van der Waals surface area contributed by atoms with E-state index in [2.05, 4.69) is 4.98 Å². The maximum Gasteiger partial charge on any atom is 0.490 e. The lowest BCUT2D eigenvalue weighted by molar-refractivity contribution is 0.304. The molecule has 0 aliphatic heterocycles. The summed E-state index contributed by atoms with van der Waals surface area (Å²) in [5, 5.41) is 17.9. The highest BCUT2D eigenvalue weighted by Gasteiger charge is 2.12. The maximum absolute atomic E-state index is 13.0. The summed E-state index contributed by atoms with van der Waals surface area (Å²) in [6.45, 7) is 0.0177. The van der Waals surface area contributed by atoms with Crippen molar-refractivity contribution in [3.63, 3.8) is 0 Å². The van der Waals surface area contributed by atoms with E-state index in [4.69, 9.17) is 14.8 Å². The Balaban J connectivity index is 2.05. The summed E-state index contributed by atoms with van der Waals surface area (Å²) in [4.78, 5) is 3.77. The van der Waals surface area contributed by atoms with Crippen LogP contribution in [-0.2, 0) is 6.61 Å². The van der Waals surface area contributed by atoms with Crippen molar-refractivity contribution >= 4 is 12.6 Å². The van der Waals surface area contributed by atoms with Gasteiger partial charge in [-0.2, -0.15) is 0 Å². The van der Waals surface area contributed by atoms with Crippen molar-refractivity contribution in [2.45, 2.75) is 6.61 Å². The minimum atomic E-state index is -1.64. The average molecular weight is 265 g/mol. The number of aromatic nitrogens is 1. The third-order valence-corrected chi connectivity index (χ3v) is 2.42. The van der Waals surface area contributed by atoms with E-state index in [0.29, 0.717) is 11.3 Å². The predicted octanol–water partition coefficient (Wildman–Crippen LogP) is 0.619. The lowest BCUT2D eigenvalue weighted by atomic mass is 9.82. The van der Waals surface area contributed by atoms with Crippen molar-refractivity contribution in [2.75, 3.05) is 0 Å². The van der Waals surface area contributed by atoms with Crippen LogP contribution in [0.3, 0.4) is 0 Å². The number of rotatable bonds is 4. The lowest BCUT2D eigenvalue weighted by Gasteiger charge is -2.07. The summed E-state index contributed by atoms with van der Waals surface area (Å²) in [6.07, 6.45) is 2.67. The van der Waals surface area contributed by atoms with Crippen molar-refractivity contribution in [1.82, 2.24) is 4.98 Å². The normalized spacial score (nSPS) is 10.3. The molecule has 0 amide bonds. The Morgan fingerprint density at radius 3 is 2.58 bits per heavy atom. The molecule has 2 N–H and O–H groups in total. The molecule has 0 spiro atoms. The molecule has 0 unspecified atom stereocenters. The third-order valence-electron chi connectivity index (χ3n) is 2.42. The van der Waals surface area contributed by atoms with Crippen LogP contribution < -0.4 is 10.2 Å². The van der Waals surface area contributed by atoms with Gasteiger partial charge in [-0.3, -0.25) is 4.98 Å². The summed E-state index contributed by atoms with van der Waals surface area (Å²) in [7, 11) is -1.64. The van der Waals surface area contributed by atoms with Gasteiger partial charge >= 0.3 is 7.12 Å². The number of ether oxygens (including phenoxy) is 1. The first-order valence-corrected chi connectivity index (χ1v) is 5.44. The van der Waals surface area contributed by atoms with Gasteiger partial charge in [-0.25, -0.2) is 8.78 Å². The molecule has 98 valence electrons. The fourth-order valence-electron chi connectivity index (χ4n) is 1.45. The Kier molecular flexibility index (Phi) is 4.08. The zero-order valence-electron chi connectivity index (χ0n) is 9.75. The molecule has 0 fully saturated rings. The minimum Gasteiger partial charge on any atom is -0.487 e. The van der Waals surface area contributed by atoms with E-state index in [1.54, 1.807) is 0 Å². The average Bonchev–Trinajstić information content (AvgIpc) is 2.40. The van der Waals surface area contributed by atoms with Crippen molar-refractivity contribution in [1.29, 1.82) is 0 Å². The Morgan fingerprint density at radius 1 is 1.11 bits per heavy atom. The first kappa shape index (κ1) is 13.4. The Labute approximate surface area is 108 Å². The van der Waals surface area contributed by atoms with E-state index in [1.807, 2.05) is 0 Å². The molecule has 7 heteroatoms. The van der Waals surface area contributed by atoms with Gasteiger partial charge in [-0.15, -0.1) is 0 Å². The molecule has 1 aromatic carbocycles. The van der Waals surface area contributed by atoms with E-state index in [1.165, 1.54) is 24.5 Å². The van der Waals surface area contributed by atoms with Crippen molar-refractivity contribution in [3.05, 3.63) is 53.9 Å². The molecule has 19 heavy (non-hydrogen) atoms. The van der Waals surface area contributed by atoms with Gasteiger partial charge in [-0.1, -0.05) is 6.07 Å². The molecule has 1 heterocycles. The van der Waals surface area contributed by atoms with E-state index in [9.17, 15) is 8.78 Å². The summed E-state index contributed by atoms with van der Waals surface area (Å²) in [6, 6.07) is 4.85. The van der Waals surface area contributed by atoms with Crippen molar-refractivity contribution in [3.8, 4) is 5.75 Å². The van der Waals surface area contributed by atoms with Gasteiger partial charge in [0.15, 0.2) is 11.6 Å². The van der Waals surface area contributed by atoms with Crippen LogP contribution in [0.4, 0.5) is 8.78 Å². The van der Waals surface area contributed by atoms with Gasteiger partial charge in [-0.05, 0) is 23.8 Å². The monoisotopic (exact) mass is 265 g/mol. The Bertz CT molecular complexity index is 581. The molecule has 0 atom stereocenters. The van der Waals surface area contributed by atoms with Gasteiger partial charge in [0, 0.05) is 11.7 Å². The highest BCUT2D eigenvalue weighted by molar-refractivity contribution is 6.58. The first-order chi connectivity index (χ1) is 9.06. The molecule has 1 aromatic heterocycles. The van der Waals surface area contributed by atoms with Crippen LogP contribution in [0.2, 0.25) is 0 Å². The zero-order chi connectivity index (χ0) is 13.8. The molecule has 0 radical (unpaired) electrons. The highest BCUT2D eigenvalue weighted by atomic mass is 19.2. The molecular formula is C12H10BF2NO3. The number of benzene rings is 1. The van der Waals surface area contributed by atoms with Crippen LogP contribution in [0.25, 0.3) is 0 Å². The molecule has 0 bridgehead atoms. The number of halogens is 2. The van der Waals surface area contributed by atoms with Crippen molar-refractivity contribution in [2.24, 2.45) is 0 Å². The number of hydrogen-bond donors (Lipinski definition) is 2. The van der Waals surface area contributed by atoms with Crippen LogP contribution >= 0.6 is 0 Å². The standard InChI is InChI=1S/C12H10BF2NO3/c14-11-2-1-8(3-12(11)15)7-19-10-4-9(13(17)18)5-16-6-10/h1-6,17-18H,7H2. The first-order valence-electron chi connectivity index (χ1n) is 5.44. The fourth-order valence-corrected chi connectivity index (χ4v) is 1.45. The summed E-state index contributed by atoms with van der Waals surface area (Å²) in [5.41, 5.74) is 0.636. The minimum absolute atomic E-state index is 0.0177. The van der Waals surface area contributed by atoms with E-state index >= 15 is 0 Å². The summed E-state index contributed by atoms with van der Waals surface area (Å²) in [5.74, 6) is -1.56. The molecular weight excluding hydrogens is 255 g/mol. The fraction of sp³-hybridized carbons (Fsp3) is 0.0833. The van der Waals surface area contributed by atoms with Gasteiger partial charge < -0.3 is 14.8 Å². The van der Waals surface area contributed by atoms with Gasteiger partial charge in [0.25, 0.3) is 0 Å². The molecule has 2 aromatic rings. The number of pyridine rings is 1. The molecule has 2 rings (SSSR count).